The van der Waals surface area contributed by atoms with Crippen LogP contribution in [-0.2, 0) is 16.4 Å². The summed E-state index contributed by atoms with van der Waals surface area (Å²) in [4.78, 5) is 0. The third-order valence-corrected chi connectivity index (χ3v) is 4.81. The fraction of sp³-hybridized carbons (Fsp3) is 0.800. The Balaban J connectivity index is 1.99. The molecule has 0 bridgehead atoms. The van der Waals surface area contributed by atoms with Gasteiger partial charge in [0, 0.05) is 0 Å². The Labute approximate surface area is 106 Å². The van der Waals surface area contributed by atoms with Crippen molar-refractivity contribution in [3.8, 4) is 0 Å². The van der Waals surface area contributed by atoms with Gasteiger partial charge in [0.05, 0.1) is 23.6 Å². The van der Waals surface area contributed by atoms with Crippen molar-refractivity contribution < 1.29 is 12.8 Å². The summed E-state index contributed by atoms with van der Waals surface area (Å²) in [7, 11) is -2.95. The number of anilines is 1. The molecular formula is C10H18N4O3S. The molecule has 1 unspecified atom stereocenters. The summed E-state index contributed by atoms with van der Waals surface area (Å²) in [6.45, 7) is 5.17. The van der Waals surface area contributed by atoms with Gasteiger partial charge in [-0.2, -0.15) is 0 Å². The Morgan fingerprint density at radius 3 is 2.83 bits per heavy atom. The summed E-state index contributed by atoms with van der Waals surface area (Å²) in [5, 5.41) is 13.8. The molecule has 8 heteroatoms. The summed E-state index contributed by atoms with van der Waals surface area (Å²) >= 11 is 0. The molecule has 0 saturated carbocycles. The maximum absolute atomic E-state index is 11.5. The van der Waals surface area contributed by atoms with Crippen molar-refractivity contribution in [1.29, 1.82) is 0 Å². The molecule has 2 heterocycles. The summed E-state index contributed by atoms with van der Waals surface area (Å²) < 4.78 is 28.3. The highest BCUT2D eigenvalue weighted by Crippen LogP contribution is 2.26. The zero-order valence-corrected chi connectivity index (χ0v) is 11.4. The lowest BCUT2D eigenvalue weighted by Gasteiger charge is -2.21. The lowest BCUT2D eigenvalue weighted by atomic mass is 10.0. The highest BCUT2D eigenvalue weighted by molar-refractivity contribution is 7.91. The predicted octanol–water partition coefficient (Wildman–Crippen LogP) is 0.168. The molecule has 0 aliphatic carbocycles. The summed E-state index contributed by atoms with van der Waals surface area (Å²) in [6.07, 6.45) is 0.556. The number of hydrogen-bond donors (Lipinski definition) is 2. The molecule has 2 N–H and O–H groups in total. The van der Waals surface area contributed by atoms with Gasteiger partial charge in [0.25, 0.3) is 0 Å². The quantitative estimate of drug-likeness (QED) is 0.789. The normalized spacial score (nSPS) is 26.3. The van der Waals surface area contributed by atoms with E-state index in [4.69, 9.17) is 4.42 Å². The molecule has 0 spiro atoms. The Morgan fingerprint density at radius 2 is 2.22 bits per heavy atom. The summed E-state index contributed by atoms with van der Waals surface area (Å²) in [6, 6.07) is 0.280. The second-order valence-electron chi connectivity index (χ2n) is 4.81. The molecule has 0 amide bonds. The molecule has 0 radical (unpaired) electrons. The molecule has 102 valence electrons. The minimum absolute atomic E-state index is 0.102. The van der Waals surface area contributed by atoms with Gasteiger partial charge in [0.15, 0.2) is 9.84 Å². The van der Waals surface area contributed by atoms with Gasteiger partial charge in [-0.05, 0) is 19.9 Å². The second kappa shape index (κ2) is 4.85. The number of sulfone groups is 1. The van der Waals surface area contributed by atoms with Crippen LogP contribution in [0.3, 0.4) is 0 Å². The van der Waals surface area contributed by atoms with Crippen LogP contribution in [0.4, 0.5) is 6.01 Å². The second-order valence-corrected chi connectivity index (χ2v) is 6.99. The topological polar surface area (TPSA) is 97.1 Å². The SMILES string of the molecule is CCNCc1nnc(NC2(C)CCS(=O)(=O)C2)o1. The fourth-order valence-electron chi connectivity index (χ4n) is 1.97. The molecule has 1 fully saturated rings. The first kappa shape index (κ1) is 13.3. The van der Waals surface area contributed by atoms with Crippen LogP contribution in [0.25, 0.3) is 0 Å². The van der Waals surface area contributed by atoms with E-state index >= 15 is 0 Å². The van der Waals surface area contributed by atoms with Crippen molar-refractivity contribution in [3.63, 3.8) is 0 Å². The zero-order valence-electron chi connectivity index (χ0n) is 10.6. The van der Waals surface area contributed by atoms with Gasteiger partial charge in [0.1, 0.15) is 0 Å². The summed E-state index contributed by atoms with van der Waals surface area (Å²) in [5.41, 5.74) is -0.513. The Kier molecular flexibility index (Phi) is 3.58. The zero-order chi connectivity index (χ0) is 13.2. The molecule has 2 rings (SSSR count). The smallest absolute Gasteiger partial charge is 0.315 e. The van der Waals surface area contributed by atoms with Gasteiger partial charge >= 0.3 is 6.01 Å². The molecule has 1 aliphatic rings. The van der Waals surface area contributed by atoms with Gasteiger partial charge in [-0.25, -0.2) is 8.42 Å². The van der Waals surface area contributed by atoms with E-state index in [9.17, 15) is 8.42 Å². The Morgan fingerprint density at radius 1 is 1.44 bits per heavy atom. The number of nitrogens with one attached hydrogen (secondary N) is 2. The minimum atomic E-state index is -2.95. The van der Waals surface area contributed by atoms with Gasteiger partial charge in [-0.15, -0.1) is 5.10 Å². The van der Waals surface area contributed by atoms with Gasteiger partial charge in [-0.3, -0.25) is 0 Å². The van der Waals surface area contributed by atoms with E-state index in [1.807, 2.05) is 13.8 Å². The van der Waals surface area contributed by atoms with Crippen LogP contribution in [0.5, 0.6) is 0 Å². The van der Waals surface area contributed by atoms with Crippen molar-refractivity contribution in [1.82, 2.24) is 15.5 Å². The van der Waals surface area contributed by atoms with E-state index in [1.165, 1.54) is 0 Å². The maximum atomic E-state index is 11.5. The van der Waals surface area contributed by atoms with Crippen LogP contribution in [0.2, 0.25) is 0 Å². The van der Waals surface area contributed by atoms with Crippen LogP contribution in [0.1, 0.15) is 26.2 Å². The van der Waals surface area contributed by atoms with Crippen molar-refractivity contribution in [2.75, 3.05) is 23.4 Å². The standard InChI is InChI=1S/C10H18N4O3S/c1-3-11-6-8-13-14-9(17-8)12-10(2)4-5-18(15,16)7-10/h11H,3-7H2,1-2H3,(H,12,14). The maximum Gasteiger partial charge on any atom is 0.315 e. The molecule has 1 atom stereocenters. The number of aromatic nitrogens is 2. The van der Waals surface area contributed by atoms with Crippen LogP contribution >= 0.6 is 0 Å². The van der Waals surface area contributed by atoms with Gasteiger partial charge < -0.3 is 15.1 Å². The molecule has 7 nitrogen and oxygen atoms in total. The fourth-order valence-corrected chi connectivity index (χ4v) is 4.07. The van der Waals surface area contributed by atoms with Gasteiger partial charge in [0.2, 0.25) is 5.89 Å². The third-order valence-electron chi connectivity index (χ3n) is 2.91. The first-order valence-corrected chi connectivity index (χ1v) is 7.76. The van der Waals surface area contributed by atoms with Crippen molar-refractivity contribution in [3.05, 3.63) is 5.89 Å². The van der Waals surface area contributed by atoms with Crippen LogP contribution in [0.15, 0.2) is 4.42 Å². The number of nitrogens with zero attached hydrogens (tertiary/aromatic N) is 2. The highest BCUT2D eigenvalue weighted by atomic mass is 32.2. The van der Waals surface area contributed by atoms with E-state index in [-0.39, 0.29) is 17.5 Å². The van der Waals surface area contributed by atoms with E-state index in [0.29, 0.717) is 18.9 Å². The largest absolute Gasteiger partial charge is 0.407 e. The predicted molar refractivity (Wildman–Crippen MR) is 67.0 cm³/mol. The molecule has 1 aliphatic heterocycles. The number of hydrogen-bond acceptors (Lipinski definition) is 7. The molecular weight excluding hydrogens is 256 g/mol. The Bertz CT molecular complexity index is 513. The van der Waals surface area contributed by atoms with E-state index in [2.05, 4.69) is 20.8 Å². The molecule has 1 saturated heterocycles. The van der Waals surface area contributed by atoms with Crippen molar-refractivity contribution >= 4 is 15.9 Å². The highest BCUT2D eigenvalue weighted by Gasteiger charge is 2.39. The lowest BCUT2D eigenvalue weighted by Crippen LogP contribution is -2.36. The Hall–Kier alpha value is -1.15. The molecule has 1 aromatic rings. The van der Waals surface area contributed by atoms with Crippen LogP contribution in [-0.4, -0.2) is 42.2 Å². The molecule has 1 aromatic heterocycles. The average Bonchev–Trinajstić information content (AvgIpc) is 2.81. The minimum Gasteiger partial charge on any atom is -0.407 e. The molecule has 0 aromatic carbocycles. The van der Waals surface area contributed by atoms with Crippen LogP contribution in [0, 0.1) is 0 Å². The molecule has 18 heavy (non-hydrogen) atoms. The van der Waals surface area contributed by atoms with E-state index in [0.717, 1.165) is 6.54 Å². The third kappa shape index (κ3) is 3.20. The summed E-state index contributed by atoms with van der Waals surface area (Å²) in [5.74, 6) is 0.795. The van der Waals surface area contributed by atoms with Crippen molar-refractivity contribution in [2.45, 2.75) is 32.4 Å². The lowest BCUT2D eigenvalue weighted by molar-refractivity contribution is 0.462. The van der Waals surface area contributed by atoms with Crippen LogP contribution < -0.4 is 10.6 Å². The monoisotopic (exact) mass is 274 g/mol. The average molecular weight is 274 g/mol. The first-order chi connectivity index (χ1) is 8.42. The first-order valence-electron chi connectivity index (χ1n) is 5.94. The van der Waals surface area contributed by atoms with Gasteiger partial charge in [-0.1, -0.05) is 12.0 Å². The van der Waals surface area contributed by atoms with E-state index < -0.39 is 15.4 Å². The number of rotatable bonds is 5. The van der Waals surface area contributed by atoms with Crippen molar-refractivity contribution in [2.24, 2.45) is 0 Å². The van der Waals surface area contributed by atoms with E-state index in [1.54, 1.807) is 0 Å².